The number of amides is 1. The van der Waals surface area contributed by atoms with E-state index in [-0.39, 0.29) is 5.91 Å². The monoisotopic (exact) mass is 350 g/mol. The van der Waals surface area contributed by atoms with E-state index in [2.05, 4.69) is 67.0 Å². The molecule has 0 saturated heterocycles. The van der Waals surface area contributed by atoms with Crippen molar-refractivity contribution in [1.82, 2.24) is 4.57 Å². The topological polar surface area (TPSA) is 25.2 Å². The molecule has 0 fully saturated rings. The van der Waals surface area contributed by atoms with Crippen molar-refractivity contribution in [3.05, 3.63) is 50.3 Å². The molecule has 0 bridgehead atoms. The fourth-order valence-corrected chi connectivity index (χ4v) is 4.51. The first kappa shape index (κ1) is 18.5. The summed E-state index contributed by atoms with van der Waals surface area (Å²) < 4.78 is 2.22. The number of hydrogen-bond acceptors (Lipinski definition) is 1. The molecule has 2 aromatic rings. The lowest BCUT2D eigenvalue weighted by Gasteiger charge is -2.18. The highest BCUT2D eigenvalue weighted by Gasteiger charge is 2.36. The molecule has 138 valence electrons. The van der Waals surface area contributed by atoms with Crippen molar-refractivity contribution in [1.29, 1.82) is 0 Å². The van der Waals surface area contributed by atoms with Crippen LogP contribution < -0.4 is 4.90 Å². The molecule has 0 unspecified atom stereocenters. The van der Waals surface area contributed by atoms with Gasteiger partial charge in [-0.2, -0.15) is 0 Å². The Labute approximate surface area is 157 Å². The summed E-state index contributed by atoms with van der Waals surface area (Å²) in [5.41, 5.74) is 14.1. The molecule has 1 aromatic carbocycles. The molecule has 3 rings (SSSR count). The summed E-state index contributed by atoms with van der Waals surface area (Å²) in [5, 5.41) is 0. The minimum absolute atomic E-state index is 0.101. The van der Waals surface area contributed by atoms with Crippen molar-refractivity contribution in [2.75, 3.05) is 11.9 Å². The Bertz CT molecular complexity index is 977. The number of hydrogen-bond donors (Lipinski definition) is 0. The van der Waals surface area contributed by atoms with E-state index in [1.165, 1.54) is 44.8 Å². The van der Waals surface area contributed by atoms with E-state index in [0.29, 0.717) is 0 Å². The molecular formula is C23H30N2O. The van der Waals surface area contributed by atoms with Crippen LogP contribution in [0.2, 0.25) is 0 Å². The summed E-state index contributed by atoms with van der Waals surface area (Å²) in [5.74, 6) is 0.101. The molecule has 26 heavy (non-hydrogen) atoms. The number of benzene rings is 1. The Balaban J connectivity index is 2.45. The van der Waals surface area contributed by atoms with Crippen LogP contribution in [0.1, 0.15) is 57.3 Å². The molecule has 0 spiro atoms. The molecule has 3 nitrogen and oxygen atoms in total. The van der Waals surface area contributed by atoms with Gasteiger partial charge in [0.15, 0.2) is 0 Å². The second kappa shape index (κ2) is 5.87. The average Bonchev–Trinajstić information content (AvgIpc) is 2.97. The predicted molar refractivity (Wildman–Crippen MR) is 111 cm³/mol. The van der Waals surface area contributed by atoms with E-state index in [1.807, 2.05) is 11.9 Å². The first-order valence-electron chi connectivity index (χ1n) is 9.24. The molecule has 1 aliphatic heterocycles. The molecule has 1 aliphatic rings. The first-order chi connectivity index (χ1) is 12.0. The maximum absolute atomic E-state index is 13.3. The van der Waals surface area contributed by atoms with E-state index in [1.54, 1.807) is 0 Å². The quantitative estimate of drug-likeness (QED) is 0.658. The smallest absolute Gasteiger partial charge is 0.259 e. The highest BCUT2D eigenvalue weighted by Crippen LogP contribution is 2.46. The van der Waals surface area contributed by atoms with Crippen LogP contribution in [0.5, 0.6) is 0 Å². The first-order valence-corrected chi connectivity index (χ1v) is 9.24. The molecule has 0 atom stereocenters. The van der Waals surface area contributed by atoms with Crippen molar-refractivity contribution >= 4 is 22.7 Å². The van der Waals surface area contributed by atoms with E-state index in [9.17, 15) is 4.79 Å². The van der Waals surface area contributed by atoms with Gasteiger partial charge in [-0.05, 0) is 94.3 Å². The Morgan fingerprint density at radius 3 is 1.77 bits per heavy atom. The van der Waals surface area contributed by atoms with Crippen molar-refractivity contribution in [2.24, 2.45) is 7.05 Å². The van der Waals surface area contributed by atoms with Crippen LogP contribution in [0.4, 0.5) is 5.69 Å². The van der Waals surface area contributed by atoms with Crippen LogP contribution in [-0.4, -0.2) is 17.5 Å². The van der Waals surface area contributed by atoms with Crippen LogP contribution in [0.25, 0.3) is 11.1 Å². The third-order valence-electron chi connectivity index (χ3n) is 6.79. The molecule has 1 amide bonds. The fourth-order valence-electron chi connectivity index (χ4n) is 4.51. The van der Waals surface area contributed by atoms with E-state index >= 15 is 0 Å². The Morgan fingerprint density at radius 2 is 1.27 bits per heavy atom. The highest BCUT2D eigenvalue weighted by atomic mass is 16.2. The molecule has 1 aromatic heterocycles. The number of likely N-dealkylation sites (N-methyl/N-ethyl adjacent to an activating group) is 1. The van der Waals surface area contributed by atoms with Gasteiger partial charge in [0.1, 0.15) is 0 Å². The molecule has 0 radical (unpaired) electrons. The molecule has 2 heterocycles. The standard InChI is InChI=1S/C23H30N2O/c1-11-12(2)15(5)22-19(14(11)4)20(23(26)25(22)10)17(7)21-16(6)13(3)18(8)24(21)9/h1-10H3. The highest BCUT2D eigenvalue weighted by molar-refractivity contribution is 6.38. The average molecular weight is 351 g/mol. The predicted octanol–water partition coefficient (Wildman–Crippen LogP) is 5.09. The van der Waals surface area contributed by atoms with Gasteiger partial charge < -0.3 is 9.47 Å². The number of allylic oxidation sites excluding steroid dienone is 1. The summed E-state index contributed by atoms with van der Waals surface area (Å²) in [4.78, 5) is 15.1. The minimum atomic E-state index is 0.101. The van der Waals surface area contributed by atoms with Crippen LogP contribution in [-0.2, 0) is 11.8 Å². The van der Waals surface area contributed by atoms with Gasteiger partial charge in [-0.25, -0.2) is 0 Å². The summed E-state index contributed by atoms with van der Waals surface area (Å²) in [7, 11) is 3.99. The Morgan fingerprint density at radius 1 is 0.731 bits per heavy atom. The largest absolute Gasteiger partial charge is 0.348 e. The molecular weight excluding hydrogens is 320 g/mol. The second-order valence-corrected chi connectivity index (χ2v) is 7.83. The summed E-state index contributed by atoms with van der Waals surface area (Å²) in [6.07, 6.45) is 0. The van der Waals surface area contributed by atoms with Crippen molar-refractivity contribution in [3.63, 3.8) is 0 Å². The van der Waals surface area contributed by atoms with Crippen LogP contribution in [0.3, 0.4) is 0 Å². The Kier molecular flexibility index (Phi) is 4.18. The van der Waals surface area contributed by atoms with Gasteiger partial charge in [-0.3, -0.25) is 4.79 Å². The lowest BCUT2D eigenvalue weighted by molar-refractivity contribution is -0.112. The maximum Gasteiger partial charge on any atom is 0.259 e. The summed E-state index contributed by atoms with van der Waals surface area (Å²) >= 11 is 0. The van der Waals surface area contributed by atoms with Gasteiger partial charge in [-0.1, -0.05) is 0 Å². The number of aromatic nitrogens is 1. The lowest BCUT2D eigenvalue weighted by atomic mass is 9.88. The van der Waals surface area contributed by atoms with E-state index in [0.717, 1.165) is 22.4 Å². The minimum Gasteiger partial charge on any atom is -0.348 e. The van der Waals surface area contributed by atoms with E-state index < -0.39 is 0 Å². The molecule has 0 saturated carbocycles. The molecule has 0 N–H and O–H groups in total. The number of carbonyl (C=O) groups is 1. The van der Waals surface area contributed by atoms with Crippen LogP contribution in [0, 0.1) is 48.5 Å². The normalized spacial score (nSPS) is 15.8. The maximum atomic E-state index is 13.3. The van der Waals surface area contributed by atoms with Crippen LogP contribution in [0.15, 0.2) is 0 Å². The molecule has 3 heteroatoms. The van der Waals surface area contributed by atoms with Gasteiger partial charge in [0.2, 0.25) is 0 Å². The zero-order valence-electron chi connectivity index (χ0n) is 17.8. The van der Waals surface area contributed by atoms with Crippen LogP contribution >= 0.6 is 0 Å². The second-order valence-electron chi connectivity index (χ2n) is 7.83. The molecule has 0 aliphatic carbocycles. The third-order valence-corrected chi connectivity index (χ3v) is 6.79. The number of carbonyl (C=O) groups excluding carboxylic acids is 1. The van der Waals surface area contributed by atoms with Gasteiger partial charge >= 0.3 is 0 Å². The van der Waals surface area contributed by atoms with Crippen molar-refractivity contribution in [3.8, 4) is 0 Å². The van der Waals surface area contributed by atoms with E-state index in [4.69, 9.17) is 0 Å². The summed E-state index contributed by atoms with van der Waals surface area (Å²) in [6, 6.07) is 0. The van der Waals surface area contributed by atoms with Crippen molar-refractivity contribution < 1.29 is 4.79 Å². The zero-order chi connectivity index (χ0) is 19.7. The third kappa shape index (κ3) is 2.16. The summed E-state index contributed by atoms with van der Waals surface area (Å²) in [6.45, 7) is 17.1. The Hall–Kier alpha value is -2.29. The number of fused-ring (bicyclic) bond motifs is 1. The van der Waals surface area contributed by atoms with Gasteiger partial charge in [0.05, 0.1) is 11.3 Å². The van der Waals surface area contributed by atoms with Crippen molar-refractivity contribution in [2.45, 2.75) is 55.4 Å². The number of rotatable bonds is 1. The fraction of sp³-hybridized carbons (Fsp3) is 0.435. The van der Waals surface area contributed by atoms with Gasteiger partial charge in [0.25, 0.3) is 5.91 Å². The SMILES string of the molecule is CC(=C1C(=O)N(C)c2c(C)c(C)c(C)c(C)c21)c1c(C)c(C)c(C)n1C. The number of anilines is 1. The van der Waals surface area contributed by atoms with Gasteiger partial charge in [0, 0.05) is 31.0 Å². The van der Waals surface area contributed by atoms with Gasteiger partial charge in [-0.15, -0.1) is 0 Å². The lowest BCUT2D eigenvalue weighted by Crippen LogP contribution is -2.21. The number of nitrogens with zero attached hydrogens (tertiary/aromatic N) is 2. The zero-order valence-corrected chi connectivity index (χ0v) is 17.8.